The molecule has 1 heterocycles. The highest BCUT2D eigenvalue weighted by Gasteiger charge is 2.06. The lowest BCUT2D eigenvalue weighted by Gasteiger charge is -2.10. The van der Waals surface area contributed by atoms with E-state index in [-0.39, 0.29) is 5.56 Å². The summed E-state index contributed by atoms with van der Waals surface area (Å²) in [6, 6.07) is 8.51. The van der Waals surface area contributed by atoms with Crippen molar-refractivity contribution < 1.29 is 0 Å². The van der Waals surface area contributed by atoms with E-state index in [4.69, 9.17) is 17.3 Å². The van der Waals surface area contributed by atoms with E-state index in [1.165, 1.54) is 6.07 Å². The van der Waals surface area contributed by atoms with Crippen molar-refractivity contribution in [3.05, 3.63) is 61.9 Å². The number of hydrogen-bond donors (Lipinski definition) is 1. The van der Waals surface area contributed by atoms with Crippen LogP contribution >= 0.6 is 27.5 Å². The normalized spacial score (nSPS) is 10.5. The Bertz CT molecular complexity index is 589. The second-order valence-electron chi connectivity index (χ2n) is 3.62. The van der Waals surface area contributed by atoms with Gasteiger partial charge in [-0.1, -0.05) is 17.7 Å². The smallest absolute Gasteiger partial charge is 0.250 e. The molecule has 17 heavy (non-hydrogen) atoms. The van der Waals surface area contributed by atoms with Crippen molar-refractivity contribution in [2.24, 2.45) is 0 Å². The lowest BCUT2D eigenvalue weighted by Crippen LogP contribution is -2.19. The van der Waals surface area contributed by atoms with Crippen molar-refractivity contribution >= 4 is 33.2 Å². The molecule has 2 aromatic rings. The molecule has 3 nitrogen and oxygen atoms in total. The van der Waals surface area contributed by atoms with Crippen LogP contribution in [0.4, 0.5) is 5.69 Å². The van der Waals surface area contributed by atoms with Gasteiger partial charge < -0.3 is 10.3 Å². The van der Waals surface area contributed by atoms with Crippen LogP contribution in [0, 0.1) is 0 Å². The van der Waals surface area contributed by atoms with Gasteiger partial charge in [-0.15, -0.1) is 0 Å². The van der Waals surface area contributed by atoms with Gasteiger partial charge in [-0.05, 0) is 34.1 Å². The molecule has 88 valence electrons. The van der Waals surface area contributed by atoms with Gasteiger partial charge in [0.2, 0.25) is 0 Å². The zero-order valence-corrected chi connectivity index (χ0v) is 11.2. The maximum atomic E-state index is 11.7. The minimum atomic E-state index is -0.0903. The Morgan fingerprint density at radius 2 is 2.06 bits per heavy atom. The summed E-state index contributed by atoms with van der Waals surface area (Å²) < 4.78 is 2.39. The summed E-state index contributed by atoms with van der Waals surface area (Å²) in [6.45, 7) is 0.365. The third-order valence-electron chi connectivity index (χ3n) is 2.43. The van der Waals surface area contributed by atoms with Crippen LogP contribution in [0.3, 0.4) is 0 Å². The lowest BCUT2D eigenvalue weighted by atomic mass is 10.2. The first-order valence-electron chi connectivity index (χ1n) is 4.97. The van der Waals surface area contributed by atoms with Crippen LogP contribution in [0.15, 0.2) is 45.8 Å². The van der Waals surface area contributed by atoms with E-state index in [0.29, 0.717) is 17.3 Å². The minimum Gasteiger partial charge on any atom is -0.398 e. The highest BCUT2D eigenvalue weighted by atomic mass is 79.9. The molecule has 0 bridgehead atoms. The number of hydrogen-bond acceptors (Lipinski definition) is 2. The van der Waals surface area contributed by atoms with Crippen LogP contribution in [0.5, 0.6) is 0 Å². The van der Waals surface area contributed by atoms with Crippen molar-refractivity contribution in [2.45, 2.75) is 6.54 Å². The molecule has 0 aliphatic rings. The fourth-order valence-electron chi connectivity index (χ4n) is 1.54. The Kier molecular flexibility index (Phi) is 3.54. The highest BCUT2D eigenvalue weighted by molar-refractivity contribution is 9.10. The number of rotatable bonds is 2. The molecule has 0 aliphatic carbocycles. The fraction of sp³-hybridized carbons (Fsp3) is 0.0833. The molecule has 0 spiro atoms. The predicted molar refractivity (Wildman–Crippen MR) is 73.4 cm³/mol. The molecular weight excluding hydrogens is 304 g/mol. The SMILES string of the molecule is Nc1cccc(Cl)c1Cn1cc(Br)ccc1=O. The van der Waals surface area contributed by atoms with Crippen molar-refractivity contribution in [2.75, 3.05) is 5.73 Å². The molecule has 0 fully saturated rings. The predicted octanol–water partition coefficient (Wildman–Crippen LogP) is 2.89. The molecule has 0 aliphatic heterocycles. The fourth-order valence-corrected chi connectivity index (χ4v) is 2.16. The van der Waals surface area contributed by atoms with Crippen molar-refractivity contribution in [1.29, 1.82) is 0 Å². The topological polar surface area (TPSA) is 48.0 Å². The number of aromatic nitrogens is 1. The highest BCUT2D eigenvalue weighted by Crippen LogP contribution is 2.22. The van der Waals surface area contributed by atoms with Crippen LogP contribution < -0.4 is 11.3 Å². The van der Waals surface area contributed by atoms with E-state index in [1.54, 1.807) is 35.0 Å². The second-order valence-corrected chi connectivity index (χ2v) is 4.94. The summed E-state index contributed by atoms with van der Waals surface area (Å²) >= 11 is 9.39. The Morgan fingerprint density at radius 1 is 1.29 bits per heavy atom. The zero-order valence-electron chi connectivity index (χ0n) is 8.86. The summed E-state index contributed by atoms with van der Waals surface area (Å²) in [5.41, 5.74) is 7.10. The third kappa shape index (κ3) is 2.70. The van der Waals surface area contributed by atoms with Crippen LogP contribution in [-0.4, -0.2) is 4.57 Å². The van der Waals surface area contributed by atoms with Crippen LogP contribution in [0.1, 0.15) is 5.56 Å². The summed E-state index contributed by atoms with van der Waals surface area (Å²) in [7, 11) is 0. The number of halogens is 2. The number of pyridine rings is 1. The molecular formula is C12H10BrClN2O. The van der Waals surface area contributed by atoms with Gasteiger partial charge >= 0.3 is 0 Å². The average Bonchev–Trinajstić information content (AvgIpc) is 2.28. The summed E-state index contributed by atoms with van der Waals surface area (Å²) in [5.74, 6) is 0. The van der Waals surface area contributed by atoms with Gasteiger partial charge in [0.25, 0.3) is 5.56 Å². The molecule has 0 unspecified atom stereocenters. The number of nitrogens with zero attached hydrogens (tertiary/aromatic N) is 1. The van der Waals surface area contributed by atoms with E-state index in [1.807, 2.05) is 0 Å². The van der Waals surface area contributed by atoms with Crippen LogP contribution in [0.2, 0.25) is 5.02 Å². The number of benzene rings is 1. The van der Waals surface area contributed by atoms with Gasteiger partial charge in [-0.2, -0.15) is 0 Å². The Balaban J connectivity index is 2.45. The maximum absolute atomic E-state index is 11.7. The Morgan fingerprint density at radius 3 is 2.76 bits per heavy atom. The monoisotopic (exact) mass is 312 g/mol. The molecule has 0 saturated heterocycles. The molecule has 0 atom stereocenters. The van der Waals surface area contributed by atoms with Crippen molar-refractivity contribution in [3.8, 4) is 0 Å². The van der Waals surface area contributed by atoms with Crippen LogP contribution in [-0.2, 0) is 6.54 Å². The van der Waals surface area contributed by atoms with Gasteiger partial charge in [0.15, 0.2) is 0 Å². The van der Waals surface area contributed by atoms with Crippen molar-refractivity contribution in [1.82, 2.24) is 4.57 Å². The van der Waals surface area contributed by atoms with Gasteiger partial charge in [0, 0.05) is 33.0 Å². The van der Waals surface area contributed by atoms with E-state index in [0.717, 1.165) is 10.0 Å². The quantitative estimate of drug-likeness (QED) is 0.867. The van der Waals surface area contributed by atoms with E-state index >= 15 is 0 Å². The Hall–Kier alpha value is -1.26. The first-order chi connectivity index (χ1) is 8.08. The number of anilines is 1. The van der Waals surface area contributed by atoms with Gasteiger partial charge in [0.1, 0.15) is 0 Å². The van der Waals surface area contributed by atoms with Gasteiger partial charge in [-0.25, -0.2) is 0 Å². The molecule has 2 N–H and O–H groups in total. The molecule has 5 heteroatoms. The summed E-state index contributed by atoms with van der Waals surface area (Å²) in [4.78, 5) is 11.7. The van der Waals surface area contributed by atoms with E-state index < -0.39 is 0 Å². The average molecular weight is 314 g/mol. The minimum absolute atomic E-state index is 0.0903. The van der Waals surface area contributed by atoms with Gasteiger partial charge in [0.05, 0.1) is 6.54 Å². The van der Waals surface area contributed by atoms with Gasteiger partial charge in [-0.3, -0.25) is 4.79 Å². The number of nitrogens with two attached hydrogens (primary N) is 1. The molecule has 0 saturated carbocycles. The standard InChI is InChI=1S/C12H10BrClN2O/c13-8-4-5-12(17)16(6-8)7-9-10(14)2-1-3-11(9)15/h1-6H,7,15H2. The largest absolute Gasteiger partial charge is 0.398 e. The molecule has 0 amide bonds. The van der Waals surface area contributed by atoms with E-state index in [9.17, 15) is 4.79 Å². The van der Waals surface area contributed by atoms with E-state index in [2.05, 4.69) is 15.9 Å². The molecule has 1 aromatic heterocycles. The third-order valence-corrected chi connectivity index (χ3v) is 3.25. The Labute approximate surface area is 112 Å². The molecule has 1 aromatic carbocycles. The molecule has 0 radical (unpaired) electrons. The zero-order chi connectivity index (χ0) is 12.4. The summed E-state index contributed by atoms with van der Waals surface area (Å²) in [6.07, 6.45) is 1.71. The lowest BCUT2D eigenvalue weighted by molar-refractivity contribution is 0.758. The maximum Gasteiger partial charge on any atom is 0.250 e. The van der Waals surface area contributed by atoms with Crippen LogP contribution in [0.25, 0.3) is 0 Å². The first-order valence-corrected chi connectivity index (χ1v) is 6.14. The summed E-state index contributed by atoms with van der Waals surface area (Å²) in [5, 5.41) is 0.567. The molecule has 2 rings (SSSR count). The number of nitrogen functional groups attached to an aromatic ring is 1. The first kappa shape index (κ1) is 12.2. The second kappa shape index (κ2) is 4.94. The van der Waals surface area contributed by atoms with Crippen molar-refractivity contribution in [3.63, 3.8) is 0 Å².